The number of nitrogens with zero attached hydrogens (tertiary/aromatic N) is 1. The summed E-state index contributed by atoms with van der Waals surface area (Å²) in [6.45, 7) is 1.93. The van der Waals surface area contributed by atoms with Gasteiger partial charge in [-0.25, -0.2) is 4.72 Å². The molecule has 0 radical (unpaired) electrons. The summed E-state index contributed by atoms with van der Waals surface area (Å²) in [5, 5.41) is 0.891. The smallest absolute Gasteiger partial charge is 0.202 e. The highest BCUT2D eigenvalue weighted by molar-refractivity contribution is 9.09. The third-order valence-electron chi connectivity index (χ3n) is 3.53. The molecule has 4 nitrogen and oxygen atoms in total. The molecule has 0 aromatic carbocycles. The Hall–Kier alpha value is 0.350. The third-order valence-corrected chi connectivity index (χ3v) is 6.27. The molecule has 1 saturated heterocycles. The number of rotatable bonds is 5. The van der Waals surface area contributed by atoms with Gasteiger partial charge in [0.25, 0.3) is 10.2 Å². The van der Waals surface area contributed by atoms with Crippen molar-refractivity contribution < 1.29 is 8.42 Å². The molecular formula is C10H19BrN2O2S. The molecule has 0 atom stereocenters. The summed E-state index contributed by atoms with van der Waals surface area (Å²) in [4.78, 5) is 0. The van der Waals surface area contributed by atoms with Crippen LogP contribution in [0.4, 0.5) is 0 Å². The predicted molar refractivity (Wildman–Crippen MR) is 67.8 cm³/mol. The molecule has 2 fully saturated rings. The number of piperidine rings is 1. The molecule has 2 aliphatic rings. The molecule has 1 N–H and O–H groups in total. The first-order chi connectivity index (χ1) is 7.58. The van der Waals surface area contributed by atoms with Crippen LogP contribution in [-0.4, -0.2) is 37.7 Å². The second kappa shape index (κ2) is 4.92. The Labute approximate surface area is 106 Å². The summed E-state index contributed by atoms with van der Waals surface area (Å²) < 4.78 is 28.3. The molecule has 6 heteroatoms. The number of hydrogen-bond acceptors (Lipinski definition) is 2. The second-order valence-corrected chi connectivity index (χ2v) is 7.24. The SMILES string of the molecule is O=S(=O)(NCC1(CBr)CC1)N1CCCCC1. The van der Waals surface area contributed by atoms with Gasteiger partial charge in [-0.05, 0) is 31.1 Å². The molecule has 1 saturated carbocycles. The number of nitrogens with one attached hydrogen (secondary N) is 1. The first-order valence-electron chi connectivity index (χ1n) is 5.89. The Balaban J connectivity index is 1.87. The van der Waals surface area contributed by atoms with Crippen molar-refractivity contribution in [2.45, 2.75) is 32.1 Å². The van der Waals surface area contributed by atoms with E-state index in [0.717, 1.165) is 37.4 Å². The second-order valence-electron chi connectivity index (χ2n) is 4.92. The average molecular weight is 311 g/mol. The predicted octanol–water partition coefficient (Wildman–Crippen LogP) is 1.48. The first-order valence-corrected chi connectivity index (χ1v) is 8.45. The van der Waals surface area contributed by atoms with E-state index in [1.165, 1.54) is 0 Å². The summed E-state index contributed by atoms with van der Waals surface area (Å²) >= 11 is 3.45. The van der Waals surface area contributed by atoms with E-state index in [4.69, 9.17) is 0 Å². The Morgan fingerprint density at radius 2 is 1.81 bits per heavy atom. The van der Waals surface area contributed by atoms with Crippen LogP contribution in [0.25, 0.3) is 0 Å². The molecular weight excluding hydrogens is 292 g/mol. The molecule has 0 spiro atoms. The van der Waals surface area contributed by atoms with Gasteiger partial charge in [0.1, 0.15) is 0 Å². The van der Waals surface area contributed by atoms with Gasteiger partial charge in [-0.1, -0.05) is 22.4 Å². The van der Waals surface area contributed by atoms with E-state index < -0.39 is 10.2 Å². The highest BCUT2D eigenvalue weighted by Crippen LogP contribution is 2.46. The van der Waals surface area contributed by atoms with Gasteiger partial charge in [-0.15, -0.1) is 0 Å². The van der Waals surface area contributed by atoms with Crippen molar-refractivity contribution in [2.24, 2.45) is 5.41 Å². The molecule has 1 aliphatic heterocycles. The molecule has 16 heavy (non-hydrogen) atoms. The van der Waals surface area contributed by atoms with E-state index in [2.05, 4.69) is 20.7 Å². The van der Waals surface area contributed by atoms with E-state index in [-0.39, 0.29) is 5.41 Å². The topological polar surface area (TPSA) is 49.4 Å². The fraction of sp³-hybridized carbons (Fsp3) is 1.00. The summed E-state index contributed by atoms with van der Waals surface area (Å²) in [5.41, 5.74) is 0.197. The van der Waals surface area contributed by atoms with Gasteiger partial charge in [0.05, 0.1) is 0 Å². The highest BCUT2D eigenvalue weighted by Gasteiger charge is 2.42. The molecule has 1 aliphatic carbocycles. The highest BCUT2D eigenvalue weighted by atomic mass is 79.9. The lowest BCUT2D eigenvalue weighted by Gasteiger charge is -2.26. The van der Waals surface area contributed by atoms with E-state index >= 15 is 0 Å². The number of alkyl halides is 1. The maximum atomic E-state index is 12.0. The molecule has 2 rings (SSSR count). The lowest BCUT2D eigenvalue weighted by molar-refractivity contribution is 0.339. The fourth-order valence-corrected chi connectivity index (χ4v) is 4.14. The van der Waals surface area contributed by atoms with Gasteiger partial charge in [0, 0.05) is 25.0 Å². The van der Waals surface area contributed by atoms with Crippen LogP contribution in [0.5, 0.6) is 0 Å². The Morgan fingerprint density at radius 1 is 1.19 bits per heavy atom. The van der Waals surface area contributed by atoms with Crippen molar-refractivity contribution in [3.05, 3.63) is 0 Å². The van der Waals surface area contributed by atoms with Crippen LogP contribution in [-0.2, 0) is 10.2 Å². The zero-order chi connectivity index (χ0) is 11.6. The largest absolute Gasteiger partial charge is 0.279 e. The minimum Gasteiger partial charge on any atom is -0.202 e. The maximum Gasteiger partial charge on any atom is 0.279 e. The Morgan fingerprint density at radius 3 is 2.31 bits per heavy atom. The molecule has 94 valence electrons. The molecule has 0 aromatic heterocycles. The lowest BCUT2D eigenvalue weighted by atomic mass is 10.1. The van der Waals surface area contributed by atoms with Crippen LogP contribution >= 0.6 is 15.9 Å². The number of hydrogen-bond donors (Lipinski definition) is 1. The van der Waals surface area contributed by atoms with Gasteiger partial charge in [-0.3, -0.25) is 0 Å². The maximum absolute atomic E-state index is 12.0. The Kier molecular flexibility index (Phi) is 3.93. The number of halogens is 1. The summed E-state index contributed by atoms with van der Waals surface area (Å²) in [7, 11) is -3.22. The van der Waals surface area contributed by atoms with Gasteiger partial charge in [-0.2, -0.15) is 12.7 Å². The monoisotopic (exact) mass is 310 g/mol. The van der Waals surface area contributed by atoms with Crippen molar-refractivity contribution in [3.8, 4) is 0 Å². The minimum absolute atomic E-state index is 0.197. The van der Waals surface area contributed by atoms with Crippen molar-refractivity contribution in [1.29, 1.82) is 0 Å². The summed E-state index contributed by atoms with van der Waals surface area (Å²) in [6.07, 6.45) is 5.38. The van der Waals surface area contributed by atoms with Crippen LogP contribution < -0.4 is 4.72 Å². The molecule has 0 aromatic rings. The van der Waals surface area contributed by atoms with E-state index in [1.807, 2.05) is 0 Å². The third kappa shape index (κ3) is 2.97. The van der Waals surface area contributed by atoms with Gasteiger partial charge in [0.15, 0.2) is 0 Å². The fourth-order valence-electron chi connectivity index (χ4n) is 1.98. The summed E-state index contributed by atoms with van der Waals surface area (Å²) in [6, 6.07) is 0. The quantitative estimate of drug-likeness (QED) is 0.782. The standard InChI is InChI=1S/C10H19BrN2O2S/c11-8-10(4-5-10)9-12-16(14,15)13-6-2-1-3-7-13/h12H,1-9H2. The van der Waals surface area contributed by atoms with Crippen molar-refractivity contribution >= 4 is 26.1 Å². The van der Waals surface area contributed by atoms with Gasteiger partial charge < -0.3 is 0 Å². The van der Waals surface area contributed by atoms with Crippen LogP contribution in [0.2, 0.25) is 0 Å². The van der Waals surface area contributed by atoms with Crippen LogP contribution in [0.15, 0.2) is 0 Å². The van der Waals surface area contributed by atoms with Gasteiger partial charge >= 0.3 is 0 Å². The zero-order valence-electron chi connectivity index (χ0n) is 9.41. The van der Waals surface area contributed by atoms with Crippen LogP contribution in [0, 0.1) is 5.41 Å². The van der Waals surface area contributed by atoms with Crippen LogP contribution in [0.3, 0.4) is 0 Å². The van der Waals surface area contributed by atoms with Crippen molar-refractivity contribution in [2.75, 3.05) is 25.0 Å². The van der Waals surface area contributed by atoms with E-state index in [0.29, 0.717) is 19.6 Å². The van der Waals surface area contributed by atoms with Crippen LogP contribution in [0.1, 0.15) is 32.1 Å². The first kappa shape index (κ1) is 12.8. The van der Waals surface area contributed by atoms with E-state index in [9.17, 15) is 8.42 Å². The molecule has 1 heterocycles. The minimum atomic E-state index is -3.22. The average Bonchev–Trinajstić information content (AvgIpc) is 3.09. The van der Waals surface area contributed by atoms with E-state index in [1.54, 1.807) is 4.31 Å². The lowest BCUT2D eigenvalue weighted by Crippen LogP contribution is -2.45. The Bertz CT molecular complexity index is 335. The normalized spacial score (nSPS) is 25.6. The molecule has 0 amide bonds. The van der Waals surface area contributed by atoms with Crippen molar-refractivity contribution in [1.82, 2.24) is 9.03 Å². The molecule has 0 unspecified atom stereocenters. The molecule has 0 bridgehead atoms. The zero-order valence-corrected chi connectivity index (χ0v) is 11.8. The van der Waals surface area contributed by atoms with Crippen molar-refractivity contribution in [3.63, 3.8) is 0 Å². The summed E-state index contributed by atoms with van der Waals surface area (Å²) in [5.74, 6) is 0. The van der Waals surface area contributed by atoms with Gasteiger partial charge in [0.2, 0.25) is 0 Å².